The summed E-state index contributed by atoms with van der Waals surface area (Å²) in [4.78, 5) is 15.1. The maximum atomic E-state index is 5.08. The van der Waals surface area contributed by atoms with Crippen molar-refractivity contribution in [1.29, 1.82) is 0 Å². The van der Waals surface area contributed by atoms with Crippen molar-refractivity contribution in [3.8, 4) is 34.2 Å². The number of nitrogens with zero attached hydrogens (tertiary/aromatic N) is 3. The average Bonchev–Trinajstić information content (AvgIpc) is 3.48. The van der Waals surface area contributed by atoms with Gasteiger partial charge in [0.1, 0.15) is 0 Å². The van der Waals surface area contributed by atoms with Crippen LogP contribution in [0.4, 0.5) is 0 Å². The van der Waals surface area contributed by atoms with Crippen LogP contribution in [0.1, 0.15) is 0 Å². The fourth-order valence-electron chi connectivity index (χ4n) is 6.34. The highest BCUT2D eigenvalue weighted by Crippen LogP contribution is 2.45. The molecule has 2 heterocycles. The second-order valence-corrected chi connectivity index (χ2v) is 11.9. The van der Waals surface area contributed by atoms with Crippen LogP contribution >= 0.6 is 11.3 Å². The molecule has 0 bridgehead atoms. The highest BCUT2D eigenvalue weighted by atomic mass is 32.1. The highest BCUT2D eigenvalue weighted by Gasteiger charge is 2.19. The number of hydrogen-bond acceptors (Lipinski definition) is 4. The van der Waals surface area contributed by atoms with E-state index in [1.807, 2.05) is 47.7 Å². The standard InChI is InChI=1S/C39H23N3S/c1-3-12-25(13-4-1)37-40-38(26-14-5-2-6-15-26)42-39(41-37)31-23-27-20-22-33-36(34(27)30-18-10-9-17-29(30)31)35-28-16-8-7-11-24(28)19-21-32(35)43-33/h1-23H. The van der Waals surface area contributed by atoms with Crippen LogP contribution in [0, 0.1) is 0 Å². The molecule has 0 spiro atoms. The van der Waals surface area contributed by atoms with Crippen LogP contribution in [-0.4, -0.2) is 15.0 Å². The summed E-state index contributed by atoms with van der Waals surface area (Å²) in [6, 6.07) is 49.0. The fraction of sp³-hybridized carbons (Fsp3) is 0. The van der Waals surface area contributed by atoms with Crippen molar-refractivity contribution in [2.45, 2.75) is 0 Å². The Hall–Kier alpha value is -5.45. The Labute approximate surface area is 251 Å². The average molecular weight is 566 g/mol. The van der Waals surface area contributed by atoms with Crippen molar-refractivity contribution in [2.75, 3.05) is 0 Å². The lowest BCUT2D eigenvalue weighted by Crippen LogP contribution is -2.00. The quantitative estimate of drug-likeness (QED) is 0.200. The van der Waals surface area contributed by atoms with E-state index in [2.05, 4.69) is 103 Å². The zero-order chi connectivity index (χ0) is 28.3. The first kappa shape index (κ1) is 24.2. The number of fused-ring (bicyclic) bond motifs is 9. The number of hydrogen-bond donors (Lipinski definition) is 0. The highest BCUT2D eigenvalue weighted by molar-refractivity contribution is 7.26. The van der Waals surface area contributed by atoms with E-state index in [1.54, 1.807) is 0 Å². The van der Waals surface area contributed by atoms with E-state index < -0.39 is 0 Å². The Morgan fingerprint density at radius 3 is 1.60 bits per heavy atom. The zero-order valence-corrected chi connectivity index (χ0v) is 23.8. The smallest absolute Gasteiger partial charge is 0.164 e. The molecule has 3 nitrogen and oxygen atoms in total. The van der Waals surface area contributed by atoms with Gasteiger partial charge in [-0.05, 0) is 50.5 Å². The van der Waals surface area contributed by atoms with E-state index >= 15 is 0 Å². The van der Waals surface area contributed by atoms with Gasteiger partial charge in [-0.25, -0.2) is 15.0 Å². The van der Waals surface area contributed by atoms with Gasteiger partial charge in [0, 0.05) is 36.9 Å². The number of thiophene rings is 1. The maximum Gasteiger partial charge on any atom is 0.164 e. The van der Waals surface area contributed by atoms with Gasteiger partial charge in [-0.15, -0.1) is 11.3 Å². The van der Waals surface area contributed by atoms with Crippen LogP contribution in [0.15, 0.2) is 140 Å². The summed E-state index contributed by atoms with van der Waals surface area (Å²) in [6.45, 7) is 0. The van der Waals surface area contributed by atoms with Gasteiger partial charge in [0.15, 0.2) is 17.5 Å². The molecule has 0 aliphatic heterocycles. The molecule has 0 aliphatic rings. The van der Waals surface area contributed by atoms with Gasteiger partial charge < -0.3 is 0 Å². The Morgan fingerprint density at radius 2 is 0.907 bits per heavy atom. The summed E-state index contributed by atoms with van der Waals surface area (Å²) in [7, 11) is 0. The van der Waals surface area contributed by atoms with Crippen molar-refractivity contribution in [3.05, 3.63) is 140 Å². The molecule has 9 rings (SSSR count). The fourth-order valence-corrected chi connectivity index (χ4v) is 7.47. The first-order valence-corrected chi connectivity index (χ1v) is 15.2. The number of rotatable bonds is 3. The summed E-state index contributed by atoms with van der Waals surface area (Å²) >= 11 is 1.87. The Kier molecular flexibility index (Phi) is 5.37. The predicted molar refractivity (Wildman–Crippen MR) is 182 cm³/mol. The predicted octanol–water partition coefficient (Wildman–Crippen LogP) is 10.7. The van der Waals surface area contributed by atoms with Gasteiger partial charge in [0.05, 0.1) is 0 Å². The van der Waals surface area contributed by atoms with Gasteiger partial charge in [-0.2, -0.15) is 0 Å². The topological polar surface area (TPSA) is 38.7 Å². The second kappa shape index (κ2) is 9.55. The van der Waals surface area contributed by atoms with Crippen LogP contribution < -0.4 is 0 Å². The summed E-state index contributed by atoms with van der Waals surface area (Å²) in [5, 5.41) is 10.0. The first-order valence-electron chi connectivity index (χ1n) is 14.4. The Morgan fingerprint density at radius 1 is 0.372 bits per heavy atom. The molecule has 9 aromatic rings. The second-order valence-electron chi connectivity index (χ2n) is 10.8. The molecule has 0 fully saturated rings. The van der Waals surface area contributed by atoms with E-state index in [-0.39, 0.29) is 0 Å². The van der Waals surface area contributed by atoms with Crippen molar-refractivity contribution in [3.63, 3.8) is 0 Å². The molecule has 2 aromatic heterocycles. The van der Waals surface area contributed by atoms with E-state index in [0.29, 0.717) is 17.5 Å². The Balaban J connectivity index is 1.39. The molecule has 0 aliphatic carbocycles. The van der Waals surface area contributed by atoms with Gasteiger partial charge in [-0.1, -0.05) is 121 Å². The molecule has 4 heteroatoms. The molecule has 0 unspecified atom stereocenters. The van der Waals surface area contributed by atoms with Gasteiger partial charge in [0.2, 0.25) is 0 Å². The van der Waals surface area contributed by atoms with Gasteiger partial charge in [0.25, 0.3) is 0 Å². The van der Waals surface area contributed by atoms with Crippen LogP contribution in [0.25, 0.3) is 86.7 Å². The summed E-state index contributed by atoms with van der Waals surface area (Å²) in [6.07, 6.45) is 0. The minimum absolute atomic E-state index is 0.666. The van der Waals surface area contributed by atoms with E-state index in [0.717, 1.165) is 22.1 Å². The van der Waals surface area contributed by atoms with Crippen LogP contribution in [0.5, 0.6) is 0 Å². The molecule has 7 aromatic carbocycles. The van der Waals surface area contributed by atoms with E-state index in [4.69, 9.17) is 15.0 Å². The molecule has 0 radical (unpaired) electrons. The molecule has 200 valence electrons. The van der Waals surface area contributed by atoms with Gasteiger partial charge >= 0.3 is 0 Å². The van der Waals surface area contributed by atoms with Crippen LogP contribution in [-0.2, 0) is 0 Å². The van der Waals surface area contributed by atoms with E-state index in [9.17, 15) is 0 Å². The normalized spacial score (nSPS) is 11.7. The molecule has 0 N–H and O–H groups in total. The molecule has 0 atom stereocenters. The van der Waals surface area contributed by atoms with Crippen molar-refractivity contribution < 1.29 is 0 Å². The summed E-state index contributed by atoms with van der Waals surface area (Å²) in [5.74, 6) is 2.00. The number of aromatic nitrogens is 3. The lowest BCUT2D eigenvalue weighted by Gasteiger charge is -2.13. The maximum absolute atomic E-state index is 5.08. The minimum Gasteiger partial charge on any atom is -0.208 e. The molecule has 0 amide bonds. The third kappa shape index (κ3) is 3.84. The van der Waals surface area contributed by atoms with Gasteiger partial charge in [-0.3, -0.25) is 0 Å². The van der Waals surface area contributed by atoms with Crippen LogP contribution in [0.3, 0.4) is 0 Å². The van der Waals surface area contributed by atoms with E-state index in [1.165, 1.54) is 47.1 Å². The molecule has 43 heavy (non-hydrogen) atoms. The van der Waals surface area contributed by atoms with Crippen LogP contribution in [0.2, 0.25) is 0 Å². The molecular weight excluding hydrogens is 543 g/mol. The molecule has 0 saturated carbocycles. The zero-order valence-electron chi connectivity index (χ0n) is 23.0. The monoisotopic (exact) mass is 565 g/mol. The minimum atomic E-state index is 0.666. The first-order chi connectivity index (χ1) is 21.3. The van der Waals surface area contributed by atoms with Crippen molar-refractivity contribution in [1.82, 2.24) is 15.0 Å². The summed E-state index contributed by atoms with van der Waals surface area (Å²) in [5.41, 5.74) is 2.93. The third-order valence-electron chi connectivity index (χ3n) is 8.29. The molecule has 0 saturated heterocycles. The third-order valence-corrected chi connectivity index (χ3v) is 9.41. The van der Waals surface area contributed by atoms with Crippen molar-refractivity contribution >= 4 is 63.8 Å². The number of benzene rings is 7. The lowest BCUT2D eigenvalue weighted by molar-refractivity contribution is 1.08. The Bertz CT molecular complexity index is 2440. The largest absolute Gasteiger partial charge is 0.208 e. The summed E-state index contributed by atoms with van der Waals surface area (Å²) < 4.78 is 2.61. The molecular formula is C39H23N3S. The van der Waals surface area contributed by atoms with Crippen molar-refractivity contribution in [2.24, 2.45) is 0 Å². The lowest BCUT2D eigenvalue weighted by atomic mass is 9.93. The SMILES string of the molecule is c1ccc(-c2nc(-c3ccccc3)nc(-c3cc4ccc5sc6ccc7ccccc7c6c5c4c4ccccc34)n2)cc1.